The van der Waals surface area contributed by atoms with E-state index in [0.29, 0.717) is 32.4 Å². The molecule has 0 spiro atoms. The first kappa shape index (κ1) is 36.1. The predicted molar refractivity (Wildman–Crippen MR) is 327 cm³/mol. The van der Waals surface area contributed by atoms with Crippen LogP contribution in [0.2, 0.25) is 0 Å². The summed E-state index contributed by atoms with van der Waals surface area (Å²) in [7, 11) is -4.57. The van der Waals surface area contributed by atoms with E-state index in [-0.39, 0.29) is 58.0 Å². The molecule has 4 aromatic heterocycles. The van der Waals surface area contributed by atoms with Crippen LogP contribution >= 0.6 is 0 Å². The van der Waals surface area contributed by atoms with Crippen molar-refractivity contribution in [3.63, 3.8) is 0 Å². The maximum atomic E-state index is 11.0. The first-order valence-electron chi connectivity index (χ1n) is 30.0. The maximum Gasteiger partial charge on any atom is 0.179 e. The second-order valence-corrected chi connectivity index (χ2v) is 23.4. The highest BCUT2D eigenvalue weighted by Gasteiger charge is 2.42. The van der Waals surface area contributed by atoms with Crippen molar-refractivity contribution in [2.45, 2.75) is 0 Å². The van der Waals surface area contributed by atoms with Gasteiger partial charge in [-0.3, -0.25) is 0 Å². The number of benzene rings is 12. The quantitative estimate of drug-likeness (QED) is 0.107. The van der Waals surface area contributed by atoms with Crippen LogP contribution in [-0.4, -0.2) is 26.3 Å². The van der Waals surface area contributed by atoms with E-state index in [2.05, 4.69) is 81.9 Å². The number of aromatic nitrogens is 4. The molecule has 77 heavy (non-hydrogen) atoms. The number of para-hydroxylation sites is 6. The molecule has 0 amide bonds. The van der Waals surface area contributed by atoms with E-state index in [1.807, 2.05) is 179 Å². The zero-order valence-corrected chi connectivity index (χ0v) is 42.4. The second-order valence-electron chi connectivity index (χ2n) is 19.7. The van der Waals surface area contributed by atoms with Crippen molar-refractivity contribution in [1.29, 1.82) is 0 Å². The van der Waals surface area contributed by atoms with Crippen molar-refractivity contribution in [1.82, 2.24) is 18.3 Å². The zero-order valence-electron chi connectivity index (χ0n) is 49.4. The topological polar surface area (TPSA) is 19.7 Å². The average Bonchev–Trinajstić information content (AvgIpc) is 1.80. The van der Waals surface area contributed by atoms with Gasteiger partial charge >= 0.3 is 0 Å². The monoisotopic (exact) mass is 1000 g/mol. The molecule has 0 aliphatic rings. The van der Waals surface area contributed by atoms with Crippen molar-refractivity contribution in [3.8, 4) is 22.7 Å². The van der Waals surface area contributed by atoms with E-state index in [0.717, 1.165) is 76.5 Å². The van der Waals surface area contributed by atoms with Crippen LogP contribution in [0.4, 0.5) is 0 Å². The summed E-state index contributed by atoms with van der Waals surface area (Å²) in [6.07, 6.45) is 0. The molecule has 0 radical (unpaired) electrons. The summed E-state index contributed by atoms with van der Waals surface area (Å²) in [5.74, 6) is 0. The van der Waals surface area contributed by atoms with E-state index < -0.39 is 20.2 Å². The Kier molecular flexibility index (Phi) is 7.99. The van der Waals surface area contributed by atoms with Crippen molar-refractivity contribution >= 4 is 116 Å². The largest absolute Gasteiger partial charge is 0.309 e. The molecule has 0 aliphatic carbocycles. The second kappa shape index (κ2) is 17.0. The van der Waals surface area contributed by atoms with Gasteiger partial charge in [-0.05, 0) is 106 Å². The van der Waals surface area contributed by atoms with E-state index in [1.54, 1.807) is 0 Å². The average molecular weight is 1010 g/mol. The Bertz CT molecular complexity index is 5120. The Morgan fingerprint density at radius 3 is 0.987 bits per heavy atom. The zero-order chi connectivity index (χ0) is 57.6. The Hall–Kier alpha value is -9.94. The van der Waals surface area contributed by atoms with Crippen molar-refractivity contribution < 1.29 is 11.0 Å². The molecule has 360 valence electrons. The molecule has 0 saturated heterocycles. The molecule has 0 bridgehead atoms. The highest BCUT2D eigenvalue weighted by Crippen LogP contribution is 2.44. The molecule has 16 aromatic rings. The van der Waals surface area contributed by atoms with Crippen LogP contribution in [0.3, 0.4) is 0 Å². The molecule has 0 fully saturated rings. The molecular formula is C72H48N4Si. The van der Waals surface area contributed by atoms with Crippen LogP contribution in [0.25, 0.3) is 110 Å². The van der Waals surface area contributed by atoms with Crippen molar-refractivity contribution in [2.24, 2.45) is 0 Å². The predicted octanol–water partition coefficient (Wildman–Crippen LogP) is 15.5. The molecule has 12 aromatic carbocycles. The van der Waals surface area contributed by atoms with E-state index >= 15 is 0 Å². The van der Waals surface area contributed by atoms with Gasteiger partial charge in [-0.1, -0.05) is 206 Å². The van der Waals surface area contributed by atoms with E-state index in [9.17, 15) is 11.0 Å². The smallest absolute Gasteiger partial charge is 0.179 e. The van der Waals surface area contributed by atoms with E-state index in [4.69, 9.17) is 0 Å². The first-order chi connectivity index (χ1) is 41.6. The lowest BCUT2D eigenvalue weighted by atomic mass is 10.1. The Balaban J connectivity index is 1.05. The van der Waals surface area contributed by atoms with Crippen LogP contribution in [0, 0.1) is 0 Å². The van der Waals surface area contributed by atoms with E-state index in [1.165, 1.54) is 0 Å². The summed E-state index contributed by atoms with van der Waals surface area (Å²) in [4.78, 5) is 0. The molecule has 0 aliphatic heterocycles. The number of hydrogen-bond donors (Lipinski definition) is 0. The fraction of sp³-hybridized carbons (Fsp3) is 0. The summed E-state index contributed by atoms with van der Waals surface area (Å²) < 4.78 is 91.3. The minimum absolute atomic E-state index is 0.0781. The van der Waals surface area contributed by atoms with Crippen LogP contribution < -0.4 is 20.7 Å². The third-order valence-electron chi connectivity index (χ3n) is 15.8. The molecule has 0 unspecified atom stereocenters. The van der Waals surface area contributed by atoms with Crippen molar-refractivity contribution in [2.75, 3.05) is 0 Å². The van der Waals surface area contributed by atoms with Gasteiger partial charge in [-0.25, -0.2) is 0 Å². The summed E-state index contributed by atoms with van der Waals surface area (Å²) in [5, 5.41) is 9.04. The van der Waals surface area contributed by atoms with Gasteiger partial charge < -0.3 is 18.3 Å². The van der Waals surface area contributed by atoms with Gasteiger partial charge in [0.05, 0.1) is 55.1 Å². The van der Waals surface area contributed by atoms with Crippen molar-refractivity contribution in [3.05, 3.63) is 291 Å². The van der Waals surface area contributed by atoms with Gasteiger partial charge in [-0.2, -0.15) is 0 Å². The molecule has 0 N–H and O–H groups in total. The minimum atomic E-state index is -4.57. The van der Waals surface area contributed by atoms with Gasteiger partial charge in [0.2, 0.25) is 0 Å². The number of rotatable bonds is 8. The minimum Gasteiger partial charge on any atom is -0.309 e. The highest BCUT2D eigenvalue weighted by atomic mass is 28.3. The summed E-state index contributed by atoms with van der Waals surface area (Å²) in [5.41, 5.74) is 8.75. The third-order valence-corrected chi connectivity index (χ3v) is 20.2. The summed E-state index contributed by atoms with van der Waals surface area (Å²) in [6.45, 7) is 0. The molecule has 16 rings (SSSR count). The van der Waals surface area contributed by atoms with Crippen LogP contribution in [0.1, 0.15) is 11.0 Å². The van der Waals surface area contributed by atoms with Crippen LogP contribution in [-0.2, 0) is 0 Å². The van der Waals surface area contributed by atoms with Gasteiger partial charge in [0.1, 0.15) is 0 Å². The molecule has 4 nitrogen and oxygen atoms in total. The number of nitrogens with zero attached hydrogens (tertiary/aromatic N) is 4. The Morgan fingerprint density at radius 2 is 0.584 bits per heavy atom. The molecule has 4 heterocycles. The lowest BCUT2D eigenvalue weighted by Gasteiger charge is -2.35. The molecular weight excluding hydrogens is 949 g/mol. The Morgan fingerprint density at radius 1 is 0.247 bits per heavy atom. The third kappa shape index (κ3) is 6.26. The lowest BCUT2D eigenvalue weighted by Crippen LogP contribution is -2.74. The van der Waals surface area contributed by atoms with Gasteiger partial charge in [0.25, 0.3) is 0 Å². The van der Waals surface area contributed by atoms with Gasteiger partial charge in [0, 0.05) is 65.8 Å². The summed E-state index contributed by atoms with van der Waals surface area (Å²) >= 11 is 0. The molecule has 5 heteroatoms. The van der Waals surface area contributed by atoms with Crippen LogP contribution in [0.5, 0.6) is 0 Å². The van der Waals surface area contributed by atoms with Gasteiger partial charge in [0.15, 0.2) is 8.07 Å². The maximum absolute atomic E-state index is 11.0. The number of hydrogen-bond acceptors (Lipinski definition) is 0. The fourth-order valence-electron chi connectivity index (χ4n) is 12.7. The lowest BCUT2D eigenvalue weighted by molar-refractivity contribution is 1.17. The normalized spacial score (nSPS) is 13.6. The first-order valence-corrected chi connectivity index (χ1v) is 28.0. The standard InChI is InChI=1S/C72H48N4Si/c1-5-23-49(24-6-1)75-63-39-17-13-35-57(63)59-43-45-67-69(71(59)75)61-37-15-19-41-65(61)73(67)51-27-21-33-55(47-51)77(53-29-9-3-10-30-53,54-31-11-4-12-32-54)56-34-22-28-52(48-56)74-66-42-20-16-38-62(66)70-68(74)46-44-60-58-36-14-18-40-64(58)76(72(60)70)50-25-7-2-8-26-50/h1-48H/i21D,22D,27D,28D,33D,34D,47D,48D. The molecule has 0 saturated carbocycles. The SMILES string of the molecule is [2H]c1c([2H])c(-n2c3ccccc3c3c2ccc2c4ccccc4n(-c4ccccc4)c23)c([2H])c([Si](c2ccccc2)(c2ccccc2)c2c([2H])c([2H])c([2H])c(-n3c4ccccc4c4c3ccc3c5ccccc5n(-c5ccccc5)c34)c2[2H])c1[2H]. The highest BCUT2D eigenvalue weighted by molar-refractivity contribution is 7.20. The number of fused-ring (bicyclic) bond motifs is 14. The van der Waals surface area contributed by atoms with Crippen LogP contribution in [0.15, 0.2) is 291 Å². The fourth-order valence-corrected chi connectivity index (χ4v) is 16.9. The van der Waals surface area contributed by atoms with Gasteiger partial charge in [-0.15, -0.1) is 0 Å². The summed E-state index contributed by atoms with van der Waals surface area (Å²) in [6, 6.07) is 77.5. The Labute approximate surface area is 457 Å². The molecule has 0 atom stereocenters.